The highest BCUT2D eigenvalue weighted by Gasteiger charge is 2.29. The summed E-state index contributed by atoms with van der Waals surface area (Å²) in [7, 11) is 2.63. The monoisotopic (exact) mass is 649 g/mol. The first kappa shape index (κ1) is 33.4. The summed E-state index contributed by atoms with van der Waals surface area (Å²) >= 11 is 0.715. The van der Waals surface area contributed by atoms with Gasteiger partial charge in [0.25, 0.3) is 0 Å². The molecule has 11 nitrogen and oxygen atoms in total. The van der Waals surface area contributed by atoms with Crippen LogP contribution in [0.2, 0.25) is 0 Å². The van der Waals surface area contributed by atoms with Crippen LogP contribution in [0.3, 0.4) is 0 Å². The number of benzene rings is 2. The molecule has 1 amide bonds. The highest BCUT2D eigenvalue weighted by molar-refractivity contribution is 7.20. The fraction of sp³-hybridized carbons (Fsp3) is 0.419. The van der Waals surface area contributed by atoms with Crippen LogP contribution in [-0.4, -0.2) is 66.2 Å². The van der Waals surface area contributed by atoms with Crippen molar-refractivity contribution in [2.75, 3.05) is 27.4 Å². The van der Waals surface area contributed by atoms with Crippen molar-refractivity contribution in [2.24, 2.45) is 11.8 Å². The van der Waals surface area contributed by atoms with Crippen LogP contribution in [0.15, 0.2) is 18.2 Å². The maximum Gasteiger partial charge on any atom is 0.306 e. The van der Waals surface area contributed by atoms with Crippen LogP contribution >= 0.6 is 11.3 Å². The van der Waals surface area contributed by atoms with Crippen LogP contribution in [0.1, 0.15) is 53.9 Å². The average Bonchev–Trinajstić information content (AvgIpc) is 3.64. The Labute approximate surface area is 261 Å². The number of nitrogens with zero attached hydrogens (tertiary/aromatic N) is 1. The van der Waals surface area contributed by atoms with Crippen LogP contribution in [-0.2, 0) is 27.5 Å². The molecule has 14 heteroatoms. The van der Waals surface area contributed by atoms with E-state index in [2.05, 4.69) is 0 Å². The van der Waals surface area contributed by atoms with Gasteiger partial charge in [-0.25, -0.2) is 8.78 Å². The van der Waals surface area contributed by atoms with Gasteiger partial charge in [0.15, 0.2) is 28.9 Å². The largest absolute Gasteiger partial charge is 0.493 e. The summed E-state index contributed by atoms with van der Waals surface area (Å²) in [6.07, 6.45) is -0.173. The molecule has 0 spiro atoms. The second-order valence-electron chi connectivity index (χ2n) is 10.7. The molecule has 1 aromatic heterocycles. The number of amides is 1. The van der Waals surface area contributed by atoms with E-state index >= 15 is 8.78 Å². The highest BCUT2D eigenvalue weighted by atomic mass is 32.1. The van der Waals surface area contributed by atoms with Crippen molar-refractivity contribution in [1.29, 1.82) is 0 Å². The number of ether oxygens (including phenoxy) is 4. The molecule has 0 unspecified atom stereocenters. The Bertz CT molecular complexity index is 1640. The van der Waals surface area contributed by atoms with Gasteiger partial charge in [-0.15, -0.1) is 11.3 Å². The normalized spacial score (nSPS) is 13.7. The Kier molecular flexibility index (Phi) is 10.5. The van der Waals surface area contributed by atoms with Crippen molar-refractivity contribution in [3.05, 3.63) is 45.8 Å². The Morgan fingerprint density at radius 3 is 2.04 bits per heavy atom. The zero-order valence-electron chi connectivity index (χ0n) is 25.1. The first-order valence-corrected chi connectivity index (χ1v) is 14.9. The molecule has 0 bridgehead atoms. The van der Waals surface area contributed by atoms with Gasteiger partial charge >= 0.3 is 11.9 Å². The molecule has 2 N–H and O–H groups in total. The van der Waals surface area contributed by atoms with Crippen LogP contribution in [0.5, 0.6) is 23.0 Å². The van der Waals surface area contributed by atoms with Gasteiger partial charge in [0.2, 0.25) is 17.4 Å². The number of thiophene rings is 1. The number of carbonyl (C=O) groups is 4. The Balaban J connectivity index is 1.40. The SMILES string of the molecule is COc1cc2c(cc1OCCCOc1c(OC)c(F)c3sc(C(=O)C[C@H](C)C(=O)O)cc3c1F)CN(C(=O)C[C@H](C)C(=O)O)C2. The van der Waals surface area contributed by atoms with Gasteiger partial charge in [0.1, 0.15) is 0 Å². The van der Waals surface area contributed by atoms with Crippen LogP contribution in [0, 0.1) is 23.5 Å². The van der Waals surface area contributed by atoms with E-state index in [9.17, 15) is 19.2 Å². The third-order valence-corrected chi connectivity index (χ3v) is 8.59. The standard InChI is InChI=1S/C31H33F2NO10S/c1-15(30(37)38)8-20(35)23-12-19-25(32)28(27(42-4)26(33)29(19)45-23)44-7-5-6-43-22-11-18-14-34(13-17(18)10-21(22)41-3)24(36)9-16(2)31(39)40/h10-12,15-16H,5-9,13-14H2,1-4H3,(H,37,38)(H,39,40)/t15-,16-/m0/s1. The number of Topliss-reactive ketones (excluding diaryl/α,β-unsaturated/α-hetero) is 1. The van der Waals surface area contributed by atoms with Crippen molar-refractivity contribution in [2.45, 2.75) is 46.2 Å². The van der Waals surface area contributed by atoms with Crippen molar-refractivity contribution < 1.29 is 57.1 Å². The first-order valence-electron chi connectivity index (χ1n) is 14.1. The van der Waals surface area contributed by atoms with E-state index < -0.39 is 52.7 Å². The maximum atomic E-state index is 15.5. The number of carboxylic acids is 2. The molecule has 0 aliphatic carbocycles. The molecule has 1 aliphatic heterocycles. The summed E-state index contributed by atoms with van der Waals surface area (Å²) in [4.78, 5) is 49.0. The number of rotatable bonds is 15. The molecule has 1 aliphatic rings. The van der Waals surface area contributed by atoms with E-state index in [1.165, 1.54) is 27.0 Å². The van der Waals surface area contributed by atoms with E-state index in [0.717, 1.165) is 18.2 Å². The number of aliphatic carboxylic acids is 2. The van der Waals surface area contributed by atoms with Gasteiger partial charge in [0, 0.05) is 37.7 Å². The van der Waals surface area contributed by atoms with Crippen molar-refractivity contribution in [3.8, 4) is 23.0 Å². The molecule has 0 fully saturated rings. The van der Waals surface area contributed by atoms with Crippen LogP contribution < -0.4 is 18.9 Å². The number of ketones is 1. The van der Waals surface area contributed by atoms with E-state index in [1.807, 2.05) is 0 Å². The lowest BCUT2D eigenvalue weighted by Gasteiger charge is -2.16. The van der Waals surface area contributed by atoms with Crippen molar-refractivity contribution >= 4 is 45.1 Å². The minimum absolute atomic E-state index is 0.0223. The van der Waals surface area contributed by atoms with Gasteiger partial charge in [0.05, 0.1) is 48.8 Å². The summed E-state index contributed by atoms with van der Waals surface area (Å²) in [6.45, 7) is 3.50. The molecule has 2 heterocycles. The van der Waals surface area contributed by atoms with E-state index in [-0.39, 0.29) is 53.3 Å². The van der Waals surface area contributed by atoms with Gasteiger partial charge in [-0.05, 0) is 29.3 Å². The van der Waals surface area contributed by atoms with E-state index in [0.29, 0.717) is 35.9 Å². The number of fused-ring (bicyclic) bond motifs is 2. The van der Waals surface area contributed by atoms with E-state index in [4.69, 9.17) is 29.2 Å². The lowest BCUT2D eigenvalue weighted by molar-refractivity contribution is -0.145. The molecule has 2 aromatic carbocycles. The van der Waals surface area contributed by atoms with Crippen LogP contribution in [0.4, 0.5) is 8.78 Å². The van der Waals surface area contributed by atoms with Gasteiger partial charge in [-0.3, -0.25) is 19.2 Å². The zero-order valence-corrected chi connectivity index (χ0v) is 25.9. The summed E-state index contributed by atoms with van der Waals surface area (Å²) in [5.41, 5.74) is 1.69. The summed E-state index contributed by atoms with van der Waals surface area (Å²) < 4.78 is 52.6. The fourth-order valence-corrected chi connectivity index (χ4v) is 5.84. The third-order valence-electron chi connectivity index (χ3n) is 7.42. The minimum Gasteiger partial charge on any atom is -0.493 e. The molecule has 2 atom stereocenters. The minimum atomic E-state index is -1.15. The molecular formula is C31H33F2NO10S. The third kappa shape index (κ3) is 7.27. The molecule has 3 aromatic rings. The quantitative estimate of drug-likeness (QED) is 0.164. The number of hydrogen-bond acceptors (Lipinski definition) is 9. The van der Waals surface area contributed by atoms with Gasteiger partial charge in [-0.1, -0.05) is 13.8 Å². The lowest BCUT2D eigenvalue weighted by atomic mass is 10.0. The fourth-order valence-electron chi connectivity index (χ4n) is 4.80. The molecule has 45 heavy (non-hydrogen) atoms. The molecule has 4 rings (SSSR count). The number of carbonyl (C=O) groups excluding carboxylic acids is 2. The Hall–Kier alpha value is -4.46. The Morgan fingerprint density at radius 1 is 0.844 bits per heavy atom. The predicted molar refractivity (Wildman–Crippen MR) is 158 cm³/mol. The van der Waals surface area contributed by atoms with Gasteiger partial charge < -0.3 is 34.1 Å². The second-order valence-corrected chi connectivity index (χ2v) is 11.8. The number of hydrogen-bond donors (Lipinski definition) is 2. The maximum absolute atomic E-state index is 15.5. The topological polar surface area (TPSA) is 149 Å². The summed E-state index contributed by atoms with van der Waals surface area (Å²) in [5, 5.41) is 18.0. The first-order chi connectivity index (χ1) is 21.4. The van der Waals surface area contributed by atoms with E-state index in [1.54, 1.807) is 17.0 Å². The number of halogens is 2. The summed E-state index contributed by atoms with van der Waals surface area (Å²) in [6, 6.07) is 4.70. The number of carboxylic acid groups (broad SMARTS) is 2. The lowest BCUT2D eigenvalue weighted by Crippen LogP contribution is -2.28. The molecule has 242 valence electrons. The molecule has 0 saturated carbocycles. The predicted octanol–water partition coefficient (Wildman–Crippen LogP) is 5.29. The van der Waals surface area contributed by atoms with Gasteiger partial charge in [-0.2, -0.15) is 0 Å². The molecule has 0 radical (unpaired) electrons. The molecular weight excluding hydrogens is 616 g/mol. The van der Waals surface area contributed by atoms with Crippen LogP contribution in [0.25, 0.3) is 10.1 Å². The average molecular weight is 650 g/mol. The van der Waals surface area contributed by atoms with Crippen molar-refractivity contribution in [3.63, 3.8) is 0 Å². The zero-order chi connectivity index (χ0) is 33.0. The summed E-state index contributed by atoms with van der Waals surface area (Å²) in [5.74, 6) is -6.65. The second kappa shape index (κ2) is 14.1. The van der Waals surface area contributed by atoms with Crippen molar-refractivity contribution in [1.82, 2.24) is 4.90 Å². The molecule has 0 saturated heterocycles. The Morgan fingerprint density at radius 2 is 1.44 bits per heavy atom. The number of methoxy groups -OCH3 is 2. The smallest absolute Gasteiger partial charge is 0.306 e. The highest BCUT2D eigenvalue weighted by Crippen LogP contribution is 2.43.